The summed E-state index contributed by atoms with van der Waals surface area (Å²) in [6, 6.07) is 14.7. The Morgan fingerprint density at radius 2 is 2.04 bits per heavy atom. The summed E-state index contributed by atoms with van der Waals surface area (Å²) in [6.07, 6.45) is 1.52. The highest BCUT2D eigenvalue weighted by Crippen LogP contribution is 2.26. The van der Waals surface area contributed by atoms with E-state index in [-0.39, 0.29) is 5.69 Å². The van der Waals surface area contributed by atoms with Crippen LogP contribution in [0.1, 0.15) is 5.56 Å². The predicted octanol–water partition coefficient (Wildman–Crippen LogP) is 4.93. The molecule has 6 nitrogen and oxygen atoms in total. The van der Waals surface area contributed by atoms with Crippen LogP contribution in [0.4, 0.5) is 10.8 Å². The van der Waals surface area contributed by atoms with Crippen LogP contribution in [0.25, 0.3) is 11.3 Å². The van der Waals surface area contributed by atoms with E-state index in [1.165, 1.54) is 23.6 Å². The van der Waals surface area contributed by atoms with Crippen molar-refractivity contribution in [3.8, 4) is 11.3 Å². The standard InChI is InChI=1S/C16H11BrN4O2S/c17-13-7-6-11(8-15(13)21(22)23)9-18-20-16-19-14(10-24-16)12-4-2-1-3-5-12/h1-10H,(H,19,20). The molecular weight excluding hydrogens is 392 g/mol. The Kier molecular flexibility index (Phi) is 4.97. The molecule has 24 heavy (non-hydrogen) atoms. The zero-order chi connectivity index (χ0) is 16.9. The van der Waals surface area contributed by atoms with E-state index >= 15 is 0 Å². The van der Waals surface area contributed by atoms with E-state index < -0.39 is 4.92 Å². The normalized spacial score (nSPS) is 10.9. The minimum Gasteiger partial charge on any atom is -0.258 e. The van der Waals surface area contributed by atoms with Crippen molar-refractivity contribution in [2.45, 2.75) is 0 Å². The maximum Gasteiger partial charge on any atom is 0.284 e. The molecule has 0 amide bonds. The zero-order valence-electron chi connectivity index (χ0n) is 12.2. The fraction of sp³-hybridized carbons (Fsp3) is 0. The SMILES string of the molecule is O=[N+]([O-])c1cc(C=NNc2nc(-c3ccccc3)cs2)ccc1Br. The number of hydrogen-bond acceptors (Lipinski definition) is 6. The van der Waals surface area contributed by atoms with Gasteiger partial charge in [0.1, 0.15) is 0 Å². The number of halogens is 1. The summed E-state index contributed by atoms with van der Waals surface area (Å²) in [4.78, 5) is 14.9. The maximum atomic E-state index is 10.9. The van der Waals surface area contributed by atoms with Crippen LogP contribution < -0.4 is 5.43 Å². The first-order chi connectivity index (χ1) is 11.6. The molecule has 2 aromatic carbocycles. The number of nitrogens with zero attached hydrogens (tertiary/aromatic N) is 3. The second kappa shape index (κ2) is 7.33. The van der Waals surface area contributed by atoms with E-state index in [9.17, 15) is 10.1 Å². The highest BCUT2D eigenvalue weighted by atomic mass is 79.9. The quantitative estimate of drug-likeness (QED) is 0.372. The molecule has 3 rings (SSSR count). The van der Waals surface area contributed by atoms with E-state index in [1.54, 1.807) is 12.1 Å². The molecule has 0 aliphatic heterocycles. The van der Waals surface area contributed by atoms with Crippen molar-refractivity contribution in [1.82, 2.24) is 4.98 Å². The van der Waals surface area contributed by atoms with Crippen LogP contribution in [-0.2, 0) is 0 Å². The summed E-state index contributed by atoms with van der Waals surface area (Å²) < 4.78 is 0.435. The summed E-state index contributed by atoms with van der Waals surface area (Å²) in [6.45, 7) is 0. The number of anilines is 1. The van der Waals surface area contributed by atoms with Crippen LogP contribution in [0, 0.1) is 10.1 Å². The second-order valence-corrected chi connectivity index (χ2v) is 6.45. The molecule has 120 valence electrons. The highest BCUT2D eigenvalue weighted by Gasteiger charge is 2.11. The summed E-state index contributed by atoms with van der Waals surface area (Å²) in [7, 11) is 0. The summed E-state index contributed by atoms with van der Waals surface area (Å²) in [5.41, 5.74) is 5.37. The summed E-state index contributed by atoms with van der Waals surface area (Å²) in [5, 5.41) is 17.6. The molecule has 8 heteroatoms. The molecule has 3 aromatic rings. The Balaban J connectivity index is 1.70. The lowest BCUT2D eigenvalue weighted by molar-refractivity contribution is -0.385. The number of thiazole rings is 1. The van der Waals surface area contributed by atoms with Gasteiger partial charge in [-0.25, -0.2) is 4.98 Å². The van der Waals surface area contributed by atoms with Gasteiger partial charge in [0.15, 0.2) is 0 Å². The van der Waals surface area contributed by atoms with Crippen LogP contribution in [0.2, 0.25) is 0 Å². The molecule has 0 fully saturated rings. The van der Waals surface area contributed by atoms with E-state index in [4.69, 9.17) is 0 Å². The molecule has 0 aliphatic carbocycles. The summed E-state index contributed by atoms with van der Waals surface area (Å²) in [5.74, 6) is 0. The van der Waals surface area contributed by atoms with Gasteiger partial charge in [0, 0.05) is 22.6 Å². The fourth-order valence-corrected chi connectivity index (χ4v) is 3.04. The van der Waals surface area contributed by atoms with Gasteiger partial charge in [-0.1, -0.05) is 36.4 Å². The third-order valence-electron chi connectivity index (χ3n) is 3.11. The average Bonchev–Trinajstić information content (AvgIpc) is 3.06. The van der Waals surface area contributed by atoms with Crippen LogP contribution >= 0.6 is 27.3 Å². The number of nitrogens with one attached hydrogen (secondary N) is 1. The molecule has 0 spiro atoms. The topological polar surface area (TPSA) is 80.4 Å². The lowest BCUT2D eigenvalue weighted by atomic mass is 10.2. The lowest BCUT2D eigenvalue weighted by Crippen LogP contribution is -1.93. The van der Waals surface area contributed by atoms with Crippen molar-refractivity contribution < 1.29 is 4.92 Å². The maximum absolute atomic E-state index is 10.9. The van der Waals surface area contributed by atoms with E-state index in [0.29, 0.717) is 15.2 Å². The van der Waals surface area contributed by atoms with Crippen LogP contribution in [0.3, 0.4) is 0 Å². The van der Waals surface area contributed by atoms with Gasteiger partial charge in [0.25, 0.3) is 5.69 Å². The number of hydrogen-bond donors (Lipinski definition) is 1. The van der Waals surface area contributed by atoms with Gasteiger partial charge >= 0.3 is 0 Å². The minimum absolute atomic E-state index is 0.000405. The molecule has 0 saturated carbocycles. The van der Waals surface area contributed by atoms with Gasteiger partial charge in [0.2, 0.25) is 5.13 Å². The van der Waals surface area contributed by atoms with E-state index in [1.807, 2.05) is 35.7 Å². The number of nitro groups is 1. The molecule has 1 aromatic heterocycles. The third kappa shape index (κ3) is 3.84. The van der Waals surface area contributed by atoms with Gasteiger partial charge in [-0.05, 0) is 22.0 Å². The molecule has 1 heterocycles. The van der Waals surface area contributed by atoms with E-state index in [0.717, 1.165) is 11.3 Å². The Hall–Kier alpha value is -2.58. The predicted molar refractivity (Wildman–Crippen MR) is 99.6 cm³/mol. The van der Waals surface area contributed by atoms with Crippen LogP contribution in [0.5, 0.6) is 0 Å². The van der Waals surface area contributed by atoms with Crippen molar-refractivity contribution in [3.63, 3.8) is 0 Å². The molecule has 0 bridgehead atoms. The molecule has 0 saturated heterocycles. The Morgan fingerprint density at radius 1 is 1.25 bits per heavy atom. The van der Waals surface area contributed by atoms with Gasteiger partial charge in [-0.15, -0.1) is 11.3 Å². The van der Waals surface area contributed by atoms with Crippen molar-refractivity contribution in [2.75, 3.05) is 5.43 Å². The number of nitro benzene ring substituents is 1. The van der Waals surface area contributed by atoms with Crippen LogP contribution in [-0.4, -0.2) is 16.1 Å². The Morgan fingerprint density at radius 3 is 2.79 bits per heavy atom. The number of aromatic nitrogens is 1. The smallest absolute Gasteiger partial charge is 0.258 e. The van der Waals surface area contributed by atoms with Gasteiger partial charge in [-0.2, -0.15) is 5.10 Å². The first-order valence-electron chi connectivity index (χ1n) is 6.87. The molecule has 0 radical (unpaired) electrons. The Labute approximate surface area is 150 Å². The Bertz CT molecular complexity index is 896. The molecule has 0 aliphatic rings. The first kappa shape index (κ1) is 16.3. The third-order valence-corrected chi connectivity index (χ3v) is 4.53. The minimum atomic E-state index is -0.443. The summed E-state index contributed by atoms with van der Waals surface area (Å²) >= 11 is 4.59. The van der Waals surface area contributed by atoms with Crippen molar-refractivity contribution in [3.05, 3.63) is 74.1 Å². The van der Waals surface area contributed by atoms with Crippen molar-refractivity contribution >= 4 is 44.3 Å². The van der Waals surface area contributed by atoms with Crippen molar-refractivity contribution in [2.24, 2.45) is 5.10 Å². The van der Waals surface area contributed by atoms with Gasteiger partial charge in [0.05, 0.1) is 21.3 Å². The van der Waals surface area contributed by atoms with Crippen LogP contribution in [0.15, 0.2) is 63.5 Å². The molecule has 1 N–H and O–H groups in total. The van der Waals surface area contributed by atoms with Crippen molar-refractivity contribution in [1.29, 1.82) is 0 Å². The number of hydrazone groups is 1. The molecular formula is C16H11BrN4O2S. The largest absolute Gasteiger partial charge is 0.284 e. The van der Waals surface area contributed by atoms with E-state index in [2.05, 4.69) is 31.4 Å². The monoisotopic (exact) mass is 402 g/mol. The first-order valence-corrected chi connectivity index (χ1v) is 8.55. The zero-order valence-corrected chi connectivity index (χ0v) is 14.6. The fourth-order valence-electron chi connectivity index (χ4n) is 1.98. The lowest BCUT2D eigenvalue weighted by Gasteiger charge is -1.98. The second-order valence-electron chi connectivity index (χ2n) is 4.74. The average molecular weight is 403 g/mol. The highest BCUT2D eigenvalue weighted by molar-refractivity contribution is 9.10. The van der Waals surface area contributed by atoms with Gasteiger partial charge < -0.3 is 0 Å². The molecule has 0 unspecified atom stereocenters. The number of rotatable bonds is 5. The molecule has 0 atom stereocenters. The number of benzene rings is 2. The van der Waals surface area contributed by atoms with Gasteiger partial charge in [-0.3, -0.25) is 15.5 Å².